The minimum atomic E-state index is -0.501. The van der Waals surface area contributed by atoms with Crippen molar-refractivity contribution < 1.29 is 19.0 Å². The maximum atomic E-state index is 13.5. The molecule has 0 aliphatic carbocycles. The van der Waals surface area contributed by atoms with Gasteiger partial charge in [0.1, 0.15) is 33.5 Å². The van der Waals surface area contributed by atoms with Crippen LogP contribution in [0.4, 0.5) is 21.5 Å². The first-order valence-corrected chi connectivity index (χ1v) is 11.9. The molecule has 2 heterocycles. The van der Waals surface area contributed by atoms with Crippen LogP contribution in [0.3, 0.4) is 0 Å². The molecule has 0 bridgehead atoms. The quantitative estimate of drug-likeness (QED) is 0.233. The molecule has 5 rings (SSSR count). The Morgan fingerprint density at radius 3 is 2.80 bits per heavy atom. The fraction of sp³-hybridized carbons (Fsp3) is 0.120. The fourth-order valence-electron chi connectivity index (χ4n) is 3.79. The molecule has 1 aliphatic heterocycles. The number of fused-ring (bicyclic) bond motifs is 1. The Morgan fingerprint density at radius 2 is 2.00 bits per heavy atom. The van der Waals surface area contributed by atoms with Gasteiger partial charge < -0.3 is 9.84 Å². The summed E-state index contributed by atoms with van der Waals surface area (Å²) in [6, 6.07) is 17.5. The first-order valence-electron chi connectivity index (χ1n) is 10.5. The first kappa shape index (κ1) is 23.1. The van der Waals surface area contributed by atoms with Gasteiger partial charge in [-0.1, -0.05) is 17.7 Å². The third-order valence-corrected chi connectivity index (χ3v) is 6.94. The van der Waals surface area contributed by atoms with E-state index in [0.717, 1.165) is 5.39 Å². The molecule has 1 N–H and O–H groups in total. The predicted molar refractivity (Wildman–Crippen MR) is 135 cm³/mol. The number of phenolic OH excluding ortho intramolecular Hbond substituents is 1. The number of rotatable bonds is 5. The molecular weight excluding hydrogens is 491 g/mol. The van der Waals surface area contributed by atoms with Gasteiger partial charge in [0.2, 0.25) is 5.91 Å². The van der Waals surface area contributed by atoms with E-state index in [0.29, 0.717) is 33.9 Å². The van der Waals surface area contributed by atoms with Crippen molar-refractivity contribution in [2.45, 2.75) is 5.37 Å². The monoisotopic (exact) mass is 508 g/mol. The van der Waals surface area contributed by atoms with E-state index in [2.05, 4.69) is 15.2 Å². The van der Waals surface area contributed by atoms with E-state index in [1.54, 1.807) is 25.3 Å². The third kappa shape index (κ3) is 4.65. The van der Waals surface area contributed by atoms with Crippen molar-refractivity contribution in [3.8, 4) is 11.5 Å². The smallest absolute Gasteiger partial charge is 0.238 e. The highest BCUT2D eigenvalue weighted by atomic mass is 35.5. The molecule has 1 fully saturated rings. The number of anilines is 1. The molecule has 10 heteroatoms. The molecule has 1 amide bonds. The summed E-state index contributed by atoms with van der Waals surface area (Å²) in [5.74, 6) is 0.211. The number of methoxy groups -OCH3 is 1. The number of thioether (sulfide) groups is 1. The largest absolute Gasteiger partial charge is 0.508 e. The van der Waals surface area contributed by atoms with Crippen molar-refractivity contribution in [2.75, 3.05) is 17.8 Å². The zero-order valence-corrected chi connectivity index (χ0v) is 19.9. The molecule has 0 radical (unpaired) electrons. The van der Waals surface area contributed by atoms with Gasteiger partial charge in [-0.3, -0.25) is 9.69 Å². The number of pyridine rings is 1. The number of phenols is 1. The van der Waals surface area contributed by atoms with E-state index >= 15 is 0 Å². The van der Waals surface area contributed by atoms with Gasteiger partial charge in [-0.25, -0.2) is 9.37 Å². The molecule has 0 saturated carbocycles. The zero-order chi connectivity index (χ0) is 24.5. The van der Waals surface area contributed by atoms with Crippen LogP contribution in [-0.2, 0) is 4.79 Å². The number of benzene rings is 3. The number of hydrogen-bond donors (Lipinski definition) is 1. The average molecular weight is 509 g/mol. The van der Waals surface area contributed by atoms with E-state index in [-0.39, 0.29) is 22.6 Å². The number of halogens is 2. The molecule has 1 atom stereocenters. The highest BCUT2D eigenvalue weighted by Gasteiger charge is 2.37. The van der Waals surface area contributed by atoms with Gasteiger partial charge in [-0.15, -0.1) is 16.9 Å². The Bertz CT molecular complexity index is 1480. The third-order valence-electron chi connectivity index (χ3n) is 5.44. The Balaban J connectivity index is 1.57. The van der Waals surface area contributed by atoms with Crippen LogP contribution < -0.4 is 9.64 Å². The summed E-state index contributed by atoms with van der Waals surface area (Å²) in [5, 5.41) is 19.1. The molecule has 1 unspecified atom stereocenters. The van der Waals surface area contributed by atoms with Gasteiger partial charge in [0, 0.05) is 29.1 Å². The van der Waals surface area contributed by atoms with Crippen LogP contribution in [0.5, 0.6) is 11.5 Å². The molecule has 1 saturated heterocycles. The van der Waals surface area contributed by atoms with E-state index in [1.807, 2.05) is 18.2 Å². The lowest BCUT2D eigenvalue weighted by atomic mass is 10.1. The van der Waals surface area contributed by atoms with Gasteiger partial charge in [0.05, 0.1) is 29.8 Å². The molecule has 35 heavy (non-hydrogen) atoms. The van der Waals surface area contributed by atoms with E-state index in [9.17, 15) is 14.3 Å². The molecule has 176 valence electrons. The summed E-state index contributed by atoms with van der Waals surface area (Å²) < 4.78 is 18.8. The predicted octanol–water partition coefficient (Wildman–Crippen LogP) is 6.94. The SMILES string of the molecule is COc1ccc2cc(C3SCC(=O)N3c3cc(O)ccc3N=Nc3cccc(F)c3)c(Cl)nc2c1. The first-order chi connectivity index (χ1) is 16.9. The fourth-order valence-corrected chi connectivity index (χ4v) is 5.29. The van der Waals surface area contributed by atoms with Crippen LogP contribution >= 0.6 is 23.4 Å². The van der Waals surface area contributed by atoms with Gasteiger partial charge >= 0.3 is 0 Å². The second kappa shape index (κ2) is 9.52. The number of aromatic nitrogens is 1. The van der Waals surface area contributed by atoms with Gasteiger partial charge in [-0.2, -0.15) is 5.11 Å². The molecule has 4 aromatic rings. The van der Waals surface area contributed by atoms with Gasteiger partial charge in [0.25, 0.3) is 0 Å². The lowest BCUT2D eigenvalue weighted by Gasteiger charge is -2.26. The Labute approximate surface area is 209 Å². The lowest BCUT2D eigenvalue weighted by molar-refractivity contribution is -0.115. The summed E-state index contributed by atoms with van der Waals surface area (Å²) in [5.41, 5.74) is 2.33. The van der Waals surface area contributed by atoms with Gasteiger partial charge in [-0.05, 0) is 42.5 Å². The van der Waals surface area contributed by atoms with Crippen molar-refractivity contribution >= 4 is 57.2 Å². The minimum Gasteiger partial charge on any atom is -0.508 e. The molecule has 7 nitrogen and oxygen atoms in total. The Kier molecular flexibility index (Phi) is 6.27. The molecule has 1 aromatic heterocycles. The lowest BCUT2D eigenvalue weighted by Crippen LogP contribution is -2.28. The number of hydrogen-bond acceptors (Lipinski definition) is 7. The van der Waals surface area contributed by atoms with Crippen molar-refractivity contribution in [3.63, 3.8) is 0 Å². The number of carbonyl (C=O) groups is 1. The maximum absolute atomic E-state index is 13.5. The molecule has 0 spiro atoms. The Morgan fingerprint density at radius 1 is 1.14 bits per heavy atom. The van der Waals surface area contributed by atoms with E-state index in [1.165, 1.54) is 47.0 Å². The maximum Gasteiger partial charge on any atom is 0.238 e. The topological polar surface area (TPSA) is 87.4 Å². The van der Waals surface area contributed by atoms with Crippen molar-refractivity contribution in [1.82, 2.24) is 4.98 Å². The summed E-state index contributed by atoms with van der Waals surface area (Å²) in [6.45, 7) is 0. The summed E-state index contributed by atoms with van der Waals surface area (Å²) in [7, 11) is 1.58. The second-order valence-electron chi connectivity index (χ2n) is 7.71. The summed E-state index contributed by atoms with van der Waals surface area (Å²) >= 11 is 7.97. The molecule has 3 aromatic carbocycles. The van der Waals surface area contributed by atoms with Gasteiger partial charge in [0.15, 0.2) is 0 Å². The van der Waals surface area contributed by atoms with Crippen LogP contribution in [0.15, 0.2) is 77.0 Å². The molecule has 1 aliphatic rings. The standard InChI is InChI=1S/C25H18ClFN4O3S/c1-34-18-7-5-14-9-19(24(26)28-21(14)12-18)25-31(23(33)13-35-25)22-11-17(32)6-8-20(22)30-29-16-4-2-3-15(27)10-16/h2-12,25,32H,13H2,1H3. The van der Waals surface area contributed by atoms with E-state index in [4.69, 9.17) is 16.3 Å². The van der Waals surface area contributed by atoms with Crippen LogP contribution in [0, 0.1) is 5.82 Å². The number of aromatic hydroxyl groups is 1. The number of carbonyl (C=O) groups excluding carboxylic acids is 1. The van der Waals surface area contributed by atoms with Crippen LogP contribution in [-0.4, -0.2) is 28.9 Å². The van der Waals surface area contributed by atoms with Crippen molar-refractivity contribution in [1.29, 1.82) is 0 Å². The zero-order valence-electron chi connectivity index (χ0n) is 18.4. The number of azo groups is 1. The average Bonchev–Trinajstić information content (AvgIpc) is 3.23. The highest BCUT2D eigenvalue weighted by Crippen LogP contribution is 2.48. The second-order valence-corrected chi connectivity index (χ2v) is 9.13. The normalized spacial score (nSPS) is 15.9. The minimum absolute atomic E-state index is 0.0389. The number of amides is 1. The van der Waals surface area contributed by atoms with Crippen molar-refractivity contribution in [2.24, 2.45) is 10.2 Å². The number of ether oxygens (including phenoxy) is 1. The van der Waals surface area contributed by atoms with E-state index < -0.39 is 11.2 Å². The number of nitrogens with zero attached hydrogens (tertiary/aromatic N) is 4. The highest BCUT2D eigenvalue weighted by molar-refractivity contribution is 8.00. The van der Waals surface area contributed by atoms with Crippen LogP contribution in [0.1, 0.15) is 10.9 Å². The molecular formula is C25H18ClFN4O3S. The van der Waals surface area contributed by atoms with Crippen molar-refractivity contribution in [3.05, 3.63) is 83.3 Å². The summed E-state index contributed by atoms with van der Waals surface area (Å²) in [6.07, 6.45) is 0. The summed E-state index contributed by atoms with van der Waals surface area (Å²) in [4.78, 5) is 19.1. The Hall–Kier alpha value is -3.69. The van der Waals surface area contributed by atoms with Crippen LogP contribution in [0.25, 0.3) is 10.9 Å². The van der Waals surface area contributed by atoms with Crippen LogP contribution in [0.2, 0.25) is 5.15 Å².